The number of carbonyl (C=O) groups excluding carboxylic acids is 2. The Morgan fingerprint density at radius 2 is 1.81 bits per heavy atom. The van der Waals surface area contributed by atoms with Gasteiger partial charge in [-0.3, -0.25) is 14.5 Å². The number of hydrogen-bond donors (Lipinski definition) is 1. The molecule has 0 spiro atoms. The molecule has 1 aromatic heterocycles. The van der Waals surface area contributed by atoms with E-state index in [0.717, 1.165) is 30.2 Å². The molecule has 162 valence electrons. The first-order valence-corrected chi connectivity index (χ1v) is 11.3. The molecule has 4 rings (SSSR count). The van der Waals surface area contributed by atoms with Crippen LogP contribution in [0.15, 0.2) is 48.5 Å². The number of para-hydroxylation sites is 2. The zero-order valence-electron chi connectivity index (χ0n) is 17.5. The number of fused-ring (bicyclic) bond motifs is 1. The van der Waals surface area contributed by atoms with Gasteiger partial charge in [-0.1, -0.05) is 24.3 Å². The molecule has 0 bridgehead atoms. The van der Waals surface area contributed by atoms with Crippen LogP contribution in [0.2, 0.25) is 0 Å². The van der Waals surface area contributed by atoms with E-state index in [4.69, 9.17) is 9.72 Å². The number of ether oxygens (including phenoxy) is 1. The summed E-state index contributed by atoms with van der Waals surface area (Å²) in [5.41, 5.74) is 1.48. The van der Waals surface area contributed by atoms with Crippen LogP contribution >= 0.6 is 11.3 Å². The molecule has 1 fully saturated rings. The summed E-state index contributed by atoms with van der Waals surface area (Å²) in [6.07, 6.45) is 0. The molecule has 0 saturated carbocycles. The molecule has 1 aliphatic rings. The highest BCUT2D eigenvalue weighted by molar-refractivity contribution is 7.18. The highest BCUT2D eigenvalue weighted by Crippen LogP contribution is 2.23. The van der Waals surface area contributed by atoms with E-state index in [9.17, 15) is 9.59 Å². The Kier molecular flexibility index (Phi) is 6.79. The summed E-state index contributed by atoms with van der Waals surface area (Å²) in [6.45, 7) is 6.01. The summed E-state index contributed by atoms with van der Waals surface area (Å²) < 4.78 is 6.70. The zero-order chi connectivity index (χ0) is 21.6. The van der Waals surface area contributed by atoms with E-state index < -0.39 is 0 Å². The Morgan fingerprint density at radius 3 is 2.58 bits per heavy atom. The maximum Gasteiger partial charge on any atom is 0.255 e. The highest BCUT2D eigenvalue weighted by atomic mass is 32.1. The van der Waals surface area contributed by atoms with E-state index in [0.29, 0.717) is 31.0 Å². The van der Waals surface area contributed by atoms with Gasteiger partial charge in [-0.25, -0.2) is 4.98 Å². The van der Waals surface area contributed by atoms with Gasteiger partial charge in [-0.2, -0.15) is 0 Å². The van der Waals surface area contributed by atoms with Crippen molar-refractivity contribution in [1.29, 1.82) is 0 Å². The van der Waals surface area contributed by atoms with Crippen LogP contribution in [-0.4, -0.2) is 65.9 Å². The number of thiazole rings is 1. The first-order chi connectivity index (χ1) is 15.1. The third-order valence-electron chi connectivity index (χ3n) is 5.25. The molecule has 1 N–H and O–H groups in total. The zero-order valence-corrected chi connectivity index (χ0v) is 18.4. The number of benzene rings is 2. The molecule has 2 aromatic carbocycles. The third kappa shape index (κ3) is 5.21. The Balaban J connectivity index is 1.25. The summed E-state index contributed by atoms with van der Waals surface area (Å²) >= 11 is 1.72. The van der Waals surface area contributed by atoms with Crippen molar-refractivity contribution in [1.82, 2.24) is 20.1 Å². The van der Waals surface area contributed by atoms with E-state index >= 15 is 0 Å². The van der Waals surface area contributed by atoms with Crippen LogP contribution in [0.25, 0.3) is 10.2 Å². The van der Waals surface area contributed by atoms with Crippen LogP contribution in [0, 0.1) is 0 Å². The average molecular weight is 439 g/mol. The Hall–Kier alpha value is -2.97. The van der Waals surface area contributed by atoms with Crippen LogP contribution in [0.5, 0.6) is 5.75 Å². The lowest BCUT2D eigenvalue weighted by molar-refractivity contribution is -0.131. The Labute approximate surface area is 185 Å². The van der Waals surface area contributed by atoms with Gasteiger partial charge in [0.1, 0.15) is 10.8 Å². The van der Waals surface area contributed by atoms with Crippen molar-refractivity contribution in [3.8, 4) is 5.75 Å². The number of amides is 2. The molecule has 7 nitrogen and oxygen atoms in total. The Morgan fingerprint density at radius 1 is 1.06 bits per heavy atom. The van der Waals surface area contributed by atoms with Gasteiger partial charge in [0, 0.05) is 26.2 Å². The topological polar surface area (TPSA) is 74.8 Å². The quantitative estimate of drug-likeness (QED) is 0.614. The smallest absolute Gasteiger partial charge is 0.255 e. The number of carbonyl (C=O) groups is 2. The second-order valence-electron chi connectivity index (χ2n) is 7.34. The molecule has 2 heterocycles. The average Bonchev–Trinajstić information content (AvgIpc) is 3.20. The molecule has 0 unspecified atom stereocenters. The lowest BCUT2D eigenvalue weighted by atomic mass is 10.2. The van der Waals surface area contributed by atoms with Gasteiger partial charge in [0.25, 0.3) is 5.91 Å². The van der Waals surface area contributed by atoms with Crippen LogP contribution in [0.1, 0.15) is 22.3 Å². The molecule has 0 radical (unpaired) electrons. The van der Waals surface area contributed by atoms with Gasteiger partial charge in [0.15, 0.2) is 0 Å². The van der Waals surface area contributed by atoms with E-state index in [2.05, 4.69) is 16.3 Å². The minimum atomic E-state index is -0.299. The molecule has 2 amide bonds. The van der Waals surface area contributed by atoms with Gasteiger partial charge in [-0.15, -0.1) is 11.3 Å². The normalized spacial score (nSPS) is 14.5. The fourth-order valence-corrected chi connectivity index (χ4v) is 4.64. The predicted molar refractivity (Wildman–Crippen MR) is 121 cm³/mol. The molecule has 1 saturated heterocycles. The maximum atomic E-state index is 12.6. The molecule has 8 heteroatoms. The minimum Gasteiger partial charge on any atom is -0.493 e. The second kappa shape index (κ2) is 9.89. The number of nitrogens with one attached hydrogen (secondary N) is 1. The molecular weight excluding hydrogens is 412 g/mol. The van der Waals surface area contributed by atoms with Crippen molar-refractivity contribution in [3.05, 3.63) is 59.1 Å². The molecule has 0 aliphatic carbocycles. The van der Waals surface area contributed by atoms with Crippen molar-refractivity contribution >= 4 is 33.4 Å². The lowest BCUT2D eigenvalue weighted by Crippen LogP contribution is -2.50. The number of piperazine rings is 1. The highest BCUT2D eigenvalue weighted by Gasteiger charge is 2.22. The monoisotopic (exact) mass is 438 g/mol. The van der Waals surface area contributed by atoms with Crippen molar-refractivity contribution in [3.63, 3.8) is 0 Å². The van der Waals surface area contributed by atoms with Crippen molar-refractivity contribution < 1.29 is 14.3 Å². The molecule has 31 heavy (non-hydrogen) atoms. The first kappa shape index (κ1) is 21.3. The van der Waals surface area contributed by atoms with Gasteiger partial charge in [-0.05, 0) is 31.2 Å². The second-order valence-corrected chi connectivity index (χ2v) is 8.46. The first-order valence-electron chi connectivity index (χ1n) is 10.5. The standard InChI is InChI=1S/C23H26N4O3S/c1-2-30-19-9-5-3-7-17(19)23(29)24-15-22(28)27-13-11-26(12-14-27)16-21-25-18-8-4-6-10-20(18)31-21/h3-10H,2,11-16H2,1H3,(H,24,29). The SMILES string of the molecule is CCOc1ccccc1C(=O)NCC(=O)N1CCN(Cc2nc3ccccc3s2)CC1. The predicted octanol–water partition coefficient (Wildman–Crippen LogP) is 2.77. The van der Waals surface area contributed by atoms with Gasteiger partial charge >= 0.3 is 0 Å². The third-order valence-corrected chi connectivity index (χ3v) is 6.27. The fraction of sp³-hybridized carbons (Fsp3) is 0.348. The van der Waals surface area contributed by atoms with E-state index in [1.54, 1.807) is 29.5 Å². The summed E-state index contributed by atoms with van der Waals surface area (Å²) in [6, 6.07) is 15.2. The molecule has 3 aromatic rings. The van der Waals surface area contributed by atoms with Crippen molar-refractivity contribution in [2.75, 3.05) is 39.3 Å². The van der Waals surface area contributed by atoms with Crippen LogP contribution in [-0.2, 0) is 11.3 Å². The van der Waals surface area contributed by atoms with E-state index in [1.165, 1.54) is 4.70 Å². The van der Waals surface area contributed by atoms with Gasteiger partial charge in [0.2, 0.25) is 5.91 Å². The van der Waals surface area contributed by atoms with Crippen LogP contribution in [0.4, 0.5) is 0 Å². The summed E-state index contributed by atoms with van der Waals surface area (Å²) in [7, 11) is 0. The van der Waals surface area contributed by atoms with Gasteiger partial charge < -0.3 is 15.0 Å². The molecule has 0 atom stereocenters. The summed E-state index contributed by atoms with van der Waals surface area (Å²) in [4.78, 5) is 33.9. The number of nitrogens with zero attached hydrogens (tertiary/aromatic N) is 3. The van der Waals surface area contributed by atoms with E-state index in [-0.39, 0.29) is 18.4 Å². The Bertz CT molecular complexity index is 1030. The van der Waals surface area contributed by atoms with Crippen LogP contribution < -0.4 is 10.1 Å². The summed E-state index contributed by atoms with van der Waals surface area (Å²) in [5, 5.41) is 3.83. The molecular formula is C23H26N4O3S. The van der Waals surface area contributed by atoms with Gasteiger partial charge in [0.05, 0.1) is 35.5 Å². The largest absolute Gasteiger partial charge is 0.493 e. The molecule has 1 aliphatic heterocycles. The maximum absolute atomic E-state index is 12.6. The lowest BCUT2D eigenvalue weighted by Gasteiger charge is -2.34. The van der Waals surface area contributed by atoms with Crippen molar-refractivity contribution in [2.24, 2.45) is 0 Å². The number of aromatic nitrogens is 1. The van der Waals surface area contributed by atoms with E-state index in [1.807, 2.05) is 36.1 Å². The van der Waals surface area contributed by atoms with Crippen LogP contribution in [0.3, 0.4) is 0 Å². The number of hydrogen-bond acceptors (Lipinski definition) is 6. The summed E-state index contributed by atoms with van der Waals surface area (Å²) in [5.74, 6) is 0.159. The fourth-order valence-electron chi connectivity index (χ4n) is 3.63. The van der Waals surface area contributed by atoms with Crippen molar-refractivity contribution in [2.45, 2.75) is 13.5 Å². The number of rotatable bonds is 7. The minimum absolute atomic E-state index is 0.0167.